The average Bonchev–Trinajstić information content (AvgIpc) is 3.26. The third-order valence-electron chi connectivity index (χ3n) is 6.29. The molecule has 3 aliphatic heterocycles. The van der Waals surface area contributed by atoms with Gasteiger partial charge >= 0.3 is 5.97 Å². The number of fused-ring (bicyclic) bond motifs is 4. The van der Waals surface area contributed by atoms with Crippen molar-refractivity contribution in [2.24, 2.45) is 0 Å². The fraction of sp³-hybridized carbons (Fsp3) is 0.348. The van der Waals surface area contributed by atoms with E-state index >= 15 is 0 Å². The minimum atomic E-state index is -1.19. The summed E-state index contributed by atoms with van der Waals surface area (Å²) in [4.78, 5) is 32.4. The van der Waals surface area contributed by atoms with Gasteiger partial charge in [0, 0.05) is 12.1 Å². The number of hydrogen-bond donors (Lipinski definition) is 2. The molecule has 1 aromatic heterocycles. The van der Waals surface area contributed by atoms with Gasteiger partial charge in [-0.3, -0.25) is 4.79 Å². The van der Waals surface area contributed by atoms with Crippen LogP contribution in [0, 0.1) is 0 Å². The van der Waals surface area contributed by atoms with Crippen LogP contribution in [0.3, 0.4) is 0 Å². The maximum Gasteiger partial charge on any atom is 0.337 e. The number of carbonyl (C=O) groups excluding carboxylic acids is 1. The van der Waals surface area contributed by atoms with Crippen LogP contribution in [0.15, 0.2) is 24.3 Å². The number of aromatic carboxylic acids is 1. The molecule has 176 valence electrons. The van der Waals surface area contributed by atoms with Crippen LogP contribution in [-0.2, 0) is 4.74 Å². The van der Waals surface area contributed by atoms with Crippen molar-refractivity contribution in [1.29, 1.82) is 0 Å². The molecule has 34 heavy (non-hydrogen) atoms. The van der Waals surface area contributed by atoms with E-state index in [9.17, 15) is 14.7 Å². The molecule has 3 aromatic rings. The van der Waals surface area contributed by atoms with E-state index in [-0.39, 0.29) is 11.3 Å². The first-order valence-corrected chi connectivity index (χ1v) is 11.7. The summed E-state index contributed by atoms with van der Waals surface area (Å²) >= 11 is 1.42. The van der Waals surface area contributed by atoms with E-state index in [0.717, 1.165) is 11.6 Å². The quantitative estimate of drug-likeness (QED) is 0.564. The number of rotatable bonds is 5. The second-order valence-corrected chi connectivity index (χ2v) is 9.25. The van der Waals surface area contributed by atoms with Crippen molar-refractivity contribution >= 4 is 44.2 Å². The maximum atomic E-state index is 13.5. The molecule has 2 atom stereocenters. The molecule has 3 aliphatic rings. The molecular formula is C23H21N3O7S. The molecule has 0 saturated carbocycles. The molecule has 1 amide bonds. The highest BCUT2D eigenvalue weighted by Crippen LogP contribution is 2.43. The summed E-state index contributed by atoms with van der Waals surface area (Å²) < 4.78 is 22.8. The van der Waals surface area contributed by atoms with Gasteiger partial charge in [-0.25, -0.2) is 9.78 Å². The van der Waals surface area contributed by atoms with Gasteiger partial charge in [0.05, 0.1) is 53.9 Å². The van der Waals surface area contributed by atoms with Crippen molar-refractivity contribution in [3.8, 4) is 17.2 Å². The smallest absolute Gasteiger partial charge is 0.337 e. The van der Waals surface area contributed by atoms with Crippen molar-refractivity contribution in [2.75, 3.05) is 43.8 Å². The number of nitrogens with zero attached hydrogens (tertiary/aromatic N) is 2. The lowest BCUT2D eigenvalue weighted by Crippen LogP contribution is -2.64. The molecule has 2 bridgehead atoms. The summed E-state index contributed by atoms with van der Waals surface area (Å²) in [5, 5.41) is 13.3. The molecule has 0 aliphatic carbocycles. The Morgan fingerprint density at radius 1 is 1.18 bits per heavy atom. The predicted octanol–water partition coefficient (Wildman–Crippen LogP) is 3.00. The Morgan fingerprint density at radius 2 is 1.91 bits per heavy atom. The normalized spacial score (nSPS) is 20.6. The van der Waals surface area contributed by atoms with E-state index in [4.69, 9.17) is 23.9 Å². The molecule has 11 heteroatoms. The summed E-state index contributed by atoms with van der Waals surface area (Å²) in [6, 6.07) is 6.96. The van der Waals surface area contributed by atoms with Gasteiger partial charge in [-0.15, -0.1) is 0 Å². The van der Waals surface area contributed by atoms with Crippen molar-refractivity contribution in [3.63, 3.8) is 0 Å². The summed E-state index contributed by atoms with van der Waals surface area (Å²) in [5.41, 5.74) is 0.997. The maximum absolute atomic E-state index is 13.5. The summed E-state index contributed by atoms with van der Waals surface area (Å²) in [6.07, 6.45) is 1.08. The highest BCUT2D eigenvalue weighted by Gasteiger charge is 2.44. The van der Waals surface area contributed by atoms with Crippen molar-refractivity contribution in [2.45, 2.75) is 18.5 Å². The molecule has 2 aromatic carbocycles. The number of ether oxygens (including phenoxy) is 4. The number of benzene rings is 2. The molecule has 0 radical (unpaired) electrons. The standard InChI is InChI=1S/C23H21N3O7S/c1-30-16-3-2-14-20(34-23(25-14)26-11-6-12(26)10-31-9-11)19(16)21(27)24-15-8-18-17(32-4-5-33-18)7-13(15)22(28)29/h2-3,7-8,11-12H,4-6,9-10H2,1H3,(H,24,27)(H,28,29). The van der Waals surface area contributed by atoms with Gasteiger partial charge in [-0.05, 0) is 18.6 Å². The zero-order valence-electron chi connectivity index (χ0n) is 18.2. The number of amides is 1. The fourth-order valence-electron chi connectivity index (χ4n) is 4.66. The number of thiazole rings is 1. The van der Waals surface area contributed by atoms with Crippen molar-refractivity contribution < 1.29 is 33.6 Å². The SMILES string of the molecule is COc1ccc2nc(N3C4COCC3C4)sc2c1C(=O)Nc1cc2c(cc1C(=O)O)OCCO2. The lowest BCUT2D eigenvalue weighted by atomic mass is 9.92. The van der Waals surface area contributed by atoms with Gasteiger partial charge in [0.25, 0.3) is 5.91 Å². The molecular weight excluding hydrogens is 462 g/mol. The molecule has 2 saturated heterocycles. The van der Waals surface area contributed by atoms with E-state index in [1.54, 1.807) is 6.07 Å². The van der Waals surface area contributed by atoms with E-state index in [2.05, 4.69) is 10.2 Å². The number of carbonyl (C=O) groups is 2. The lowest BCUT2D eigenvalue weighted by Gasteiger charge is -2.52. The highest BCUT2D eigenvalue weighted by molar-refractivity contribution is 7.22. The van der Waals surface area contributed by atoms with Gasteiger partial charge < -0.3 is 34.3 Å². The number of carboxylic acids is 1. The van der Waals surface area contributed by atoms with E-state index in [1.807, 2.05) is 6.07 Å². The van der Waals surface area contributed by atoms with Gasteiger partial charge in [0.1, 0.15) is 24.5 Å². The van der Waals surface area contributed by atoms with Crippen LogP contribution >= 0.6 is 11.3 Å². The number of nitrogens with one attached hydrogen (secondary N) is 1. The summed E-state index contributed by atoms with van der Waals surface area (Å²) in [6.45, 7) is 2.01. The molecule has 0 spiro atoms. The lowest BCUT2D eigenvalue weighted by molar-refractivity contribution is 0.0103. The minimum absolute atomic E-state index is 0.0952. The number of anilines is 2. The zero-order chi connectivity index (χ0) is 23.4. The highest BCUT2D eigenvalue weighted by atomic mass is 32.1. The Kier molecular flexibility index (Phi) is 4.96. The molecule has 2 fully saturated rings. The number of methoxy groups -OCH3 is 1. The van der Waals surface area contributed by atoms with Crippen molar-refractivity contribution in [1.82, 2.24) is 4.98 Å². The Hall–Kier alpha value is -3.57. The van der Waals surface area contributed by atoms with Crippen LogP contribution in [0.5, 0.6) is 17.2 Å². The van der Waals surface area contributed by atoms with Gasteiger partial charge in [0.15, 0.2) is 16.6 Å². The van der Waals surface area contributed by atoms with Crippen LogP contribution in [0.25, 0.3) is 10.2 Å². The van der Waals surface area contributed by atoms with E-state index in [1.165, 1.54) is 30.6 Å². The zero-order valence-corrected chi connectivity index (χ0v) is 19.0. The summed E-state index contributed by atoms with van der Waals surface area (Å²) in [7, 11) is 1.49. The average molecular weight is 484 g/mol. The van der Waals surface area contributed by atoms with Crippen molar-refractivity contribution in [3.05, 3.63) is 35.4 Å². The third kappa shape index (κ3) is 3.31. The second-order valence-electron chi connectivity index (χ2n) is 8.28. The van der Waals surface area contributed by atoms with Crippen LogP contribution < -0.4 is 24.4 Å². The van der Waals surface area contributed by atoms with Crippen LogP contribution in [-0.4, -0.2) is 67.6 Å². The van der Waals surface area contributed by atoms with Gasteiger partial charge in [0.2, 0.25) is 0 Å². The van der Waals surface area contributed by atoms with Crippen LogP contribution in [0.2, 0.25) is 0 Å². The first-order valence-electron chi connectivity index (χ1n) is 10.9. The van der Waals surface area contributed by atoms with Gasteiger partial charge in [-0.2, -0.15) is 0 Å². The molecule has 2 N–H and O–H groups in total. The Labute approximate surface area is 198 Å². The molecule has 4 heterocycles. The number of hydrogen-bond acceptors (Lipinski definition) is 9. The topological polar surface area (TPSA) is 119 Å². The van der Waals surface area contributed by atoms with E-state index < -0.39 is 11.9 Å². The largest absolute Gasteiger partial charge is 0.496 e. The monoisotopic (exact) mass is 483 g/mol. The number of aromatic nitrogens is 1. The Morgan fingerprint density at radius 3 is 2.59 bits per heavy atom. The summed E-state index contributed by atoms with van der Waals surface area (Å²) in [5.74, 6) is -0.601. The van der Waals surface area contributed by atoms with Crippen LogP contribution in [0.4, 0.5) is 10.8 Å². The number of morpholine rings is 1. The predicted molar refractivity (Wildman–Crippen MR) is 124 cm³/mol. The third-order valence-corrected chi connectivity index (χ3v) is 7.39. The fourth-order valence-corrected chi connectivity index (χ4v) is 5.91. The first kappa shape index (κ1) is 21.0. The Bertz CT molecular complexity index is 1310. The first-order chi connectivity index (χ1) is 16.5. The Balaban J connectivity index is 1.39. The molecule has 6 rings (SSSR count). The molecule has 2 unspecified atom stereocenters. The van der Waals surface area contributed by atoms with Gasteiger partial charge in [-0.1, -0.05) is 11.3 Å². The van der Waals surface area contributed by atoms with Crippen LogP contribution in [0.1, 0.15) is 27.1 Å². The molecule has 10 nitrogen and oxygen atoms in total. The minimum Gasteiger partial charge on any atom is -0.496 e. The van der Waals surface area contributed by atoms with E-state index in [0.29, 0.717) is 71.5 Å². The number of carboxylic acid groups (broad SMARTS) is 1. The second kappa shape index (κ2) is 8.03.